The Labute approximate surface area is 230 Å². The van der Waals surface area contributed by atoms with Gasteiger partial charge in [-0.05, 0) is 49.2 Å². The number of rotatable bonds is 5. The molecule has 0 spiro atoms. The van der Waals surface area contributed by atoms with Gasteiger partial charge in [0, 0.05) is 16.8 Å². The van der Waals surface area contributed by atoms with Crippen LogP contribution < -0.4 is 0 Å². The van der Waals surface area contributed by atoms with Gasteiger partial charge in [0.25, 0.3) is 0 Å². The molecule has 212 valence electrons. The van der Waals surface area contributed by atoms with E-state index >= 15 is 0 Å². The molecule has 1 aliphatic heterocycles. The largest absolute Gasteiger partial charge is 0.418 e. The molecule has 14 heteroatoms. The predicted molar refractivity (Wildman–Crippen MR) is 134 cm³/mol. The van der Waals surface area contributed by atoms with Crippen LogP contribution in [0.1, 0.15) is 34.9 Å². The molecule has 0 amide bonds. The normalized spacial score (nSPS) is 23.5. The van der Waals surface area contributed by atoms with Crippen molar-refractivity contribution in [2.45, 2.75) is 50.5 Å². The van der Waals surface area contributed by atoms with Crippen LogP contribution in [-0.2, 0) is 10.9 Å². The van der Waals surface area contributed by atoms with E-state index in [1.807, 2.05) is 0 Å². The molecular formula is C26H24ClF4N5O4. The number of hydrogen-bond donors (Lipinski definition) is 3. The summed E-state index contributed by atoms with van der Waals surface area (Å²) >= 11 is 6.02. The van der Waals surface area contributed by atoms with E-state index in [4.69, 9.17) is 16.3 Å². The molecule has 0 aliphatic carbocycles. The van der Waals surface area contributed by atoms with Crippen molar-refractivity contribution < 1.29 is 37.6 Å². The topological polar surface area (TPSA) is 118 Å². The Hall–Kier alpha value is -3.36. The molecule has 3 heterocycles. The second-order valence-electron chi connectivity index (χ2n) is 9.51. The highest BCUT2D eigenvalue weighted by atomic mass is 35.5. The molecule has 2 aromatic heterocycles. The number of aliphatic hydroxyl groups is 3. The number of alkyl halides is 3. The van der Waals surface area contributed by atoms with Crippen LogP contribution >= 0.6 is 11.6 Å². The lowest BCUT2D eigenvalue weighted by atomic mass is 9.92. The number of nitrogens with zero attached hydrogens (tertiary/aromatic N) is 5. The monoisotopic (exact) mass is 581 g/mol. The minimum absolute atomic E-state index is 0.00496. The molecule has 0 saturated carbocycles. The highest BCUT2D eigenvalue weighted by Crippen LogP contribution is 2.41. The number of benzene rings is 2. The molecule has 9 nitrogen and oxygen atoms in total. The third kappa shape index (κ3) is 5.10. The molecule has 40 heavy (non-hydrogen) atoms. The fourth-order valence-electron chi connectivity index (χ4n) is 4.76. The van der Waals surface area contributed by atoms with Crippen molar-refractivity contribution in [3.63, 3.8) is 0 Å². The summed E-state index contributed by atoms with van der Waals surface area (Å²) in [6.45, 7) is 2.38. The molecule has 1 fully saturated rings. The smallest absolute Gasteiger partial charge is 0.394 e. The van der Waals surface area contributed by atoms with Gasteiger partial charge in [-0.15, -0.1) is 0 Å². The molecular weight excluding hydrogens is 558 g/mol. The van der Waals surface area contributed by atoms with Gasteiger partial charge in [0.1, 0.15) is 42.1 Å². The standard InChI is InChI=1S/C26H24ClF4N5O4/c1-12-3-4-14(7-18(12)28)15-9-32-35(10-15)21-22(38)20(11-37)40-24(23(21)39)25-33-13(2)34-36(25)19-8-16(27)5-6-17(19)26(29,30)31/h3-10,20-24,37-39H,11H2,1-2H3/t20?,21?,22-,23-,24+/m0/s1. The molecule has 5 atom stereocenters. The number of hydrogen-bond acceptors (Lipinski definition) is 7. The number of halogens is 5. The zero-order valence-electron chi connectivity index (χ0n) is 21.1. The van der Waals surface area contributed by atoms with Crippen LogP contribution in [0.5, 0.6) is 0 Å². The highest BCUT2D eigenvalue weighted by molar-refractivity contribution is 6.30. The van der Waals surface area contributed by atoms with Gasteiger partial charge in [-0.3, -0.25) is 4.68 Å². The summed E-state index contributed by atoms with van der Waals surface area (Å²) in [7, 11) is 0. The maximum Gasteiger partial charge on any atom is 0.418 e. The molecule has 0 radical (unpaired) electrons. The van der Waals surface area contributed by atoms with Gasteiger partial charge in [-0.1, -0.05) is 23.7 Å². The van der Waals surface area contributed by atoms with E-state index in [1.165, 1.54) is 30.1 Å². The van der Waals surface area contributed by atoms with Crippen molar-refractivity contribution in [3.8, 4) is 16.8 Å². The first-order valence-electron chi connectivity index (χ1n) is 12.1. The van der Waals surface area contributed by atoms with Gasteiger partial charge in [0.05, 0.1) is 24.1 Å². The predicted octanol–water partition coefficient (Wildman–Crippen LogP) is 3.95. The van der Waals surface area contributed by atoms with E-state index in [1.54, 1.807) is 19.1 Å². The molecule has 3 N–H and O–H groups in total. The van der Waals surface area contributed by atoms with Crippen LogP contribution in [0.15, 0.2) is 48.8 Å². The summed E-state index contributed by atoms with van der Waals surface area (Å²) < 4.78 is 63.7. The SMILES string of the molecule is Cc1nc([C@@H]2OC(CO)[C@H](O)C(n3cc(-c4ccc(C)c(F)c4)cn3)[C@@H]2O)n(-c2cc(Cl)ccc2C(F)(F)F)n1. The molecule has 0 bridgehead atoms. The Balaban J connectivity index is 1.58. The van der Waals surface area contributed by atoms with Gasteiger partial charge in [0.15, 0.2) is 5.82 Å². The lowest BCUT2D eigenvalue weighted by molar-refractivity contribution is -0.210. The number of ether oxygens (including phenoxy) is 1. The van der Waals surface area contributed by atoms with E-state index in [-0.39, 0.29) is 16.7 Å². The first kappa shape index (κ1) is 28.2. The third-order valence-electron chi connectivity index (χ3n) is 6.79. The Morgan fingerprint density at radius 1 is 1.05 bits per heavy atom. The second-order valence-corrected chi connectivity index (χ2v) is 9.95. The Kier molecular flexibility index (Phi) is 7.44. The quantitative estimate of drug-likeness (QED) is 0.305. The van der Waals surface area contributed by atoms with Crippen molar-refractivity contribution in [1.82, 2.24) is 24.5 Å². The Morgan fingerprint density at radius 2 is 1.80 bits per heavy atom. The fraction of sp³-hybridized carbons (Fsp3) is 0.346. The van der Waals surface area contributed by atoms with Gasteiger partial charge in [-0.2, -0.15) is 23.4 Å². The summed E-state index contributed by atoms with van der Waals surface area (Å²) in [5.41, 5.74) is -0.0674. The molecule has 4 aromatic rings. The zero-order chi connectivity index (χ0) is 28.9. The maximum atomic E-state index is 14.1. The Morgan fingerprint density at radius 3 is 2.48 bits per heavy atom. The summed E-state index contributed by atoms with van der Waals surface area (Å²) in [6.07, 6.45) is -7.69. The Bertz CT molecular complexity index is 1540. The minimum Gasteiger partial charge on any atom is -0.394 e. The maximum absolute atomic E-state index is 14.1. The van der Waals surface area contributed by atoms with Crippen molar-refractivity contribution in [3.05, 3.63) is 82.4 Å². The molecule has 2 unspecified atom stereocenters. The van der Waals surface area contributed by atoms with Crippen LogP contribution in [-0.4, -0.2) is 64.8 Å². The van der Waals surface area contributed by atoms with E-state index < -0.39 is 60.3 Å². The average Bonchev–Trinajstić information content (AvgIpc) is 3.52. The fourth-order valence-corrected chi connectivity index (χ4v) is 4.93. The molecule has 5 rings (SSSR count). The summed E-state index contributed by atoms with van der Waals surface area (Å²) in [5, 5.41) is 40.7. The zero-order valence-corrected chi connectivity index (χ0v) is 21.8. The second kappa shape index (κ2) is 10.6. The van der Waals surface area contributed by atoms with Crippen LogP contribution in [0.3, 0.4) is 0 Å². The van der Waals surface area contributed by atoms with Gasteiger partial charge >= 0.3 is 6.18 Å². The number of aliphatic hydroxyl groups excluding tert-OH is 3. The third-order valence-corrected chi connectivity index (χ3v) is 7.03. The van der Waals surface area contributed by atoms with Crippen molar-refractivity contribution in [2.24, 2.45) is 0 Å². The van der Waals surface area contributed by atoms with E-state index in [0.29, 0.717) is 16.7 Å². The molecule has 1 saturated heterocycles. The first-order chi connectivity index (χ1) is 18.9. The van der Waals surface area contributed by atoms with Crippen LogP contribution in [0.2, 0.25) is 5.02 Å². The average molecular weight is 582 g/mol. The van der Waals surface area contributed by atoms with Crippen LogP contribution in [0.4, 0.5) is 17.6 Å². The van der Waals surface area contributed by atoms with Crippen molar-refractivity contribution in [2.75, 3.05) is 6.61 Å². The van der Waals surface area contributed by atoms with Crippen LogP contribution in [0, 0.1) is 19.7 Å². The lowest BCUT2D eigenvalue weighted by Crippen LogP contribution is -2.53. The van der Waals surface area contributed by atoms with Crippen molar-refractivity contribution >= 4 is 11.6 Å². The number of aromatic nitrogens is 5. The molecule has 2 aromatic carbocycles. The first-order valence-corrected chi connectivity index (χ1v) is 12.5. The summed E-state index contributed by atoms with van der Waals surface area (Å²) in [6, 6.07) is 6.33. The molecule has 1 aliphatic rings. The summed E-state index contributed by atoms with van der Waals surface area (Å²) in [4.78, 5) is 4.23. The minimum atomic E-state index is -4.77. The van der Waals surface area contributed by atoms with E-state index in [0.717, 1.165) is 22.9 Å². The van der Waals surface area contributed by atoms with Gasteiger partial charge in [-0.25, -0.2) is 14.1 Å². The van der Waals surface area contributed by atoms with Crippen molar-refractivity contribution in [1.29, 1.82) is 0 Å². The van der Waals surface area contributed by atoms with Gasteiger partial charge in [0.2, 0.25) is 0 Å². The lowest BCUT2D eigenvalue weighted by Gasteiger charge is -2.42. The van der Waals surface area contributed by atoms with Crippen LogP contribution in [0.25, 0.3) is 16.8 Å². The summed E-state index contributed by atoms with van der Waals surface area (Å²) in [5.74, 6) is -0.559. The van der Waals surface area contributed by atoms with E-state index in [2.05, 4.69) is 15.2 Å². The van der Waals surface area contributed by atoms with Gasteiger partial charge < -0.3 is 20.1 Å². The van der Waals surface area contributed by atoms with E-state index in [9.17, 15) is 32.9 Å². The highest BCUT2D eigenvalue weighted by Gasteiger charge is 2.48. The number of aryl methyl sites for hydroxylation is 2.